The number of benzene rings is 12. The second kappa shape index (κ2) is 19.6. The fraction of sp³-hybridized carbons (Fsp3) is 0.0411. The molecule has 12 aromatic rings. The lowest BCUT2D eigenvalue weighted by molar-refractivity contribution is 0.629. The van der Waals surface area contributed by atoms with Gasteiger partial charge in [0, 0.05) is 39.0 Å². The monoisotopic (exact) mass is 994 g/mol. The van der Waals surface area contributed by atoms with Crippen LogP contribution in [-0.4, -0.2) is 0 Å². The molecule has 12 aromatic carbocycles. The van der Waals surface area contributed by atoms with E-state index >= 15 is 8.78 Å². The van der Waals surface area contributed by atoms with Gasteiger partial charge in [-0.15, -0.1) is 0 Å². The molecule has 0 spiro atoms. The highest BCUT2D eigenvalue weighted by Gasteiger charge is 2.39. The van der Waals surface area contributed by atoms with Gasteiger partial charge in [0.25, 0.3) is 0 Å². The Balaban J connectivity index is 0.927. The number of hydrogen-bond acceptors (Lipinski definition) is 2. The second-order valence-electron chi connectivity index (χ2n) is 20.3. The van der Waals surface area contributed by atoms with Crippen LogP contribution in [0.25, 0.3) is 77.5 Å². The van der Waals surface area contributed by atoms with E-state index in [-0.39, 0.29) is 11.6 Å². The van der Waals surface area contributed by atoms with Crippen LogP contribution in [0.3, 0.4) is 0 Å². The van der Waals surface area contributed by atoms with E-state index in [2.05, 4.69) is 128 Å². The van der Waals surface area contributed by atoms with Gasteiger partial charge in [0.05, 0.1) is 17.1 Å². The molecule has 0 saturated carbocycles. The molecule has 1 aliphatic carbocycles. The number of fused-ring (bicyclic) bond motifs is 5. The third-order valence-corrected chi connectivity index (χ3v) is 15.3. The van der Waals surface area contributed by atoms with Crippen LogP contribution in [0, 0.1) is 11.6 Å². The summed E-state index contributed by atoms with van der Waals surface area (Å²) in [5, 5.41) is 2.13. The molecule has 77 heavy (non-hydrogen) atoms. The van der Waals surface area contributed by atoms with Crippen molar-refractivity contribution in [2.24, 2.45) is 0 Å². The quantitative estimate of drug-likeness (QED) is 0.127. The first-order valence-corrected chi connectivity index (χ1v) is 26.2. The average molecular weight is 995 g/mol. The van der Waals surface area contributed by atoms with Crippen LogP contribution < -0.4 is 9.80 Å². The van der Waals surface area contributed by atoms with Gasteiger partial charge in [-0.25, -0.2) is 8.78 Å². The molecular formula is C73H52F2N2. The Kier molecular flexibility index (Phi) is 12.0. The molecule has 2 nitrogen and oxygen atoms in total. The Morgan fingerprint density at radius 3 is 1.18 bits per heavy atom. The Morgan fingerprint density at radius 2 is 0.675 bits per heavy atom. The number of rotatable bonds is 11. The molecule has 0 bridgehead atoms. The first-order chi connectivity index (χ1) is 37.8. The van der Waals surface area contributed by atoms with Crippen LogP contribution in [0.1, 0.15) is 25.0 Å². The highest BCUT2D eigenvalue weighted by atomic mass is 19.1. The standard InChI is InChI=1S/C73H52F2N2/c1-73(2)65-45-54(51-37-40-59(41-38-51)76(57-31-17-7-18-32-57)71-63(52-27-13-5-14-28-52)43-55(46-67(71)74)49-23-9-3-10-24-49)39-42-62(65)70-61-36-22-21-35-60(61)69(48-66(70)73)77(58-33-19-8-20-34-58)72-64(53-29-15-6-16-30-53)44-56(47-68(72)75)50-25-11-4-12-26-50/h3-48H,1-2H3. The zero-order valence-corrected chi connectivity index (χ0v) is 42.7. The van der Waals surface area contributed by atoms with Crippen molar-refractivity contribution in [2.45, 2.75) is 19.3 Å². The van der Waals surface area contributed by atoms with E-state index in [0.717, 1.165) is 89.2 Å². The summed E-state index contributed by atoms with van der Waals surface area (Å²) in [6.07, 6.45) is 0. The highest BCUT2D eigenvalue weighted by molar-refractivity contribution is 6.11. The number of anilines is 6. The van der Waals surface area contributed by atoms with Gasteiger partial charge < -0.3 is 9.80 Å². The van der Waals surface area contributed by atoms with Crippen molar-refractivity contribution in [1.29, 1.82) is 0 Å². The molecule has 368 valence electrons. The SMILES string of the molecule is CC1(C)c2cc(-c3ccc(N(c4ccccc4)c4c(F)cc(-c5ccccc5)cc4-c4ccccc4)cc3)ccc2-c2c1cc(N(c1ccccc1)c1c(F)cc(-c3ccccc3)cc1-c1ccccc1)c1ccccc21. The van der Waals surface area contributed by atoms with Crippen molar-refractivity contribution in [3.63, 3.8) is 0 Å². The molecular weight excluding hydrogens is 943 g/mol. The number of halogens is 2. The van der Waals surface area contributed by atoms with Crippen LogP contribution in [-0.2, 0) is 5.41 Å². The Morgan fingerprint density at radius 1 is 0.286 bits per heavy atom. The molecule has 1 aliphatic rings. The third kappa shape index (κ3) is 8.45. The van der Waals surface area contributed by atoms with E-state index in [0.29, 0.717) is 11.4 Å². The maximum absolute atomic E-state index is 17.7. The topological polar surface area (TPSA) is 6.48 Å². The highest BCUT2D eigenvalue weighted by Crippen LogP contribution is 2.56. The van der Waals surface area contributed by atoms with Crippen molar-refractivity contribution in [2.75, 3.05) is 9.80 Å². The molecule has 13 rings (SSSR count). The van der Waals surface area contributed by atoms with Gasteiger partial charge in [-0.2, -0.15) is 0 Å². The second-order valence-corrected chi connectivity index (χ2v) is 20.3. The molecule has 0 heterocycles. The van der Waals surface area contributed by atoms with Gasteiger partial charge in [0.15, 0.2) is 0 Å². The molecule has 0 fully saturated rings. The lowest BCUT2D eigenvalue weighted by Crippen LogP contribution is -2.18. The number of nitrogens with zero attached hydrogens (tertiary/aromatic N) is 2. The van der Waals surface area contributed by atoms with E-state index in [4.69, 9.17) is 0 Å². The first-order valence-electron chi connectivity index (χ1n) is 26.2. The van der Waals surface area contributed by atoms with Crippen molar-refractivity contribution in [3.8, 4) is 66.8 Å². The number of hydrogen-bond donors (Lipinski definition) is 0. The minimum Gasteiger partial charge on any atom is -0.307 e. The molecule has 0 N–H and O–H groups in total. The summed E-state index contributed by atoms with van der Waals surface area (Å²) in [5.41, 5.74) is 17.8. The van der Waals surface area contributed by atoms with Crippen molar-refractivity contribution >= 4 is 44.9 Å². The Hall–Kier alpha value is -9.64. The predicted octanol–water partition coefficient (Wildman–Crippen LogP) is 20.7. The summed E-state index contributed by atoms with van der Waals surface area (Å²) in [6.45, 7) is 4.61. The Bertz CT molecular complexity index is 4110. The molecule has 0 saturated heterocycles. The molecule has 0 unspecified atom stereocenters. The minimum atomic E-state index is -0.443. The summed E-state index contributed by atoms with van der Waals surface area (Å²) in [5.74, 6) is -0.629. The van der Waals surface area contributed by atoms with Crippen molar-refractivity contribution < 1.29 is 8.78 Å². The van der Waals surface area contributed by atoms with E-state index in [1.54, 1.807) is 12.1 Å². The molecule has 4 heteroatoms. The summed E-state index contributed by atoms with van der Waals surface area (Å²) in [7, 11) is 0. The van der Waals surface area contributed by atoms with Gasteiger partial charge in [0.2, 0.25) is 0 Å². The molecule has 0 atom stereocenters. The van der Waals surface area contributed by atoms with Crippen LogP contribution >= 0.6 is 0 Å². The van der Waals surface area contributed by atoms with Crippen molar-refractivity contribution in [3.05, 3.63) is 302 Å². The predicted molar refractivity (Wildman–Crippen MR) is 318 cm³/mol. The van der Waals surface area contributed by atoms with E-state index < -0.39 is 5.41 Å². The summed E-state index contributed by atoms with van der Waals surface area (Å²) < 4.78 is 34.9. The zero-order chi connectivity index (χ0) is 52.0. The largest absolute Gasteiger partial charge is 0.307 e. The summed E-state index contributed by atoms with van der Waals surface area (Å²) >= 11 is 0. The third-order valence-electron chi connectivity index (χ3n) is 15.3. The fourth-order valence-electron chi connectivity index (χ4n) is 11.6. The first kappa shape index (κ1) is 47.1. The maximum atomic E-state index is 17.7. The van der Waals surface area contributed by atoms with Gasteiger partial charge in [-0.3, -0.25) is 0 Å². The van der Waals surface area contributed by atoms with Gasteiger partial charge in [-0.1, -0.05) is 220 Å². The Labute approximate surface area is 449 Å². The normalized spacial score (nSPS) is 12.3. The minimum absolute atomic E-state index is 0.313. The molecule has 0 amide bonds. The van der Waals surface area contributed by atoms with Gasteiger partial charge >= 0.3 is 0 Å². The summed E-state index contributed by atoms with van der Waals surface area (Å²) in [6, 6.07) is 94.2. The van der Waals surface area contributed by atoms with Crippen LogP contribution in [0.4, 0.5) is 42.9 Å². The summed E-state index contributed by atoms with van der Waals surface area (Å²) in [4.78, 5) is 4.17. The van der Waals surface area contributed by atoms with Crippen LogP contribution in [0.5, 0.6) is 0 Å². The zero-order valence-electron chi connectivity index (χ0n) is 42.7. The van der Waals surface area contributed by atoms with Crippen molar-refractivity contribution in [1.82, 2.24) is 0 Å². The van der Waals surface area contributed by atoms with E-state index in [1.165, 1.54) is 22.3 Å². The lowest BCUT2D eigenvalue weighted by atomic mass is 9.81. The van der Waals surface area contributed by atoms with E-state index in [9.17, 15) is 0 Å². The average Bonchev–Trinajstić information content (AvgIpc) is 3.78. The maximum Gasteiger partial charge on any atom is 0.148 e. The molecule has 0 radical (unpaired) electrons. The number of para-hydroxylation sites is 2. The van der Waals surface area contributed by atoms with Gasteiger partial charge in [-0.05, 0) is 145 Å². The van der Waals surface area contributed by atoms with Gasteiger partial charge in [0.1, 0.15) is 11.6 Å². The van der Waals surface area contributed by atoms with Crippen LogP contribution in [0.15, 0.2) is 279 Å². The van der Waals surface area contributed by atoms with Crippen LogP contribution in [0.2, 0.25) is 0 Å². The molecule has 0 aromatic heterocycles. The van der Waals surface area contributed by atoms with E-state index in [1.807, 2.05) is 163 Å². The smallest absolute Gasteiger partial charge is 0.148 e. The molecule has 0 aliphatic heterocycles. The lowest BCUT2D eigenvalue weighted by Gasteiger charge is -2.32. The fourth-order valence-corrected chi connectivity index (χ4v) is 11.6.